The Morgan fingerprint density at radius 1 is 1.16 bits per heavy atom. The molecule has 3 aromatic heterocycles. The van der Waals surface area contributed by atoms with Crippen LogP contribution < -0.4 is 19.7 Å². The average molecular weight is 536 g/mol. The van der Waals surface area contributed by atoms with Crippen LogP contribution in [0.2, 0.25) is 0 Å². The number of amides is 1. The van der Waals surface area contributed by atoms with Gasteiger partial charge in [-0.2, -0.15) is 0 Å². The van der Waals surface area contributed by atoms with Crippen LogP contribution in [0.3, 0.4) is 0 Å². The van der Waals surface area contributed by atoms with Crippen molar-refractivity contribution in [2.24, 2.45) is 11.3 Å². The summed E-state index contributed by atoms with van der Waals surface area (Å²) in [6.07, 6.45) is 5.03. The number of nitrogens with zero attached hydrogens (tertiary/aromatic N) is 5. The minimum Gasteiger partial charge on any atom is -0.476 e. The van der Waals surface area contributed by atoms with Crippen molar-refractivity contribution in [2.75, 3.05) is 29.9 Å². The Labute approximate surface area is 228 Å². The van der Waals surface area contributed by atoms with Crippen LogP contribution in [0.1, 0.15) is 64.2 Å². The highest BCUT2D eigenvalue weighted by molar-refractivity contribution is 7.97. The molecule has 1 atom stereocenters. The molecule has 1 amide bonds. The third-order valence-corrected chi connectivity index (χ3v) is 7.56. The number of pyridine rings is 2. The molecule has 2 N–H and O–H groups in total. The maximum absolute atomic E-state index is 13.5. The Kier molecular flexibility index (Phi) is 7.26. The van der Waals surface area contributed by atoms with Gasteiger partial charge in [0.25, 0.3) is 5.91 Å². The third kappa shape index (κ3) is 6.06. The molecule has 0 radical (unpaired) electrons. The van der Waals surface area contributed by atoms with E-state index in [2.05, 4.69) is 59.6 Å². The van der Waals surface area contributed by atoms with Gasteiger partial charge in [0.2, 0.25) is 5.88 Å². The summed E-state index contributed by atoms with van der Waals surface area (Å²) in [6, 6.07) is 11.3. The van der Waals surface area contributed by atoms with E-state index in [9.17, 15) is 4.79 Å². The first-order valence-electron chi connectivity index (χ1n) is 13.2. The second kappa shape index (κ2) is 10.5. The van der Waals surface area contributed by atoms with Gasteiger partial charge >= 0.3 is 0 Å². The molecule has 5 rings (SSSR count). The predicted molar refractivity (Wildman–Crippen MR) is 151 cm³/mol. The molecule has 2 aliphatic heterocycles. The van der Waals surface area contributed by atoms with Crippen molar-refractivity contribution in [3.63, 3.8) is 0 Å². The molecule has 10 heteroatoms. The van der Waals surface area contributed by atoms with E-state index in [4.69, 9.17) is 9.72 Å². The molecule has 0 aliphatic carbocycles. The number of hydrogen-bond acceptors (Lipinski definition) is 8. The fourth-order valence-corrected chi connectivity index (χ4v) is 5.63. The minimum absolute atomic E-state index is 0.0342. The van der Waals surface area contributed by atoms with E-state index in [0.717, 1.165) is 43.2 Å². The molecule has 3 aromatic rings. The standard InChI is InChI=1S/C28H37N7O2S/c1-27(2,3)18-37-23-13-15-35(32-23)22-12-11-20-25(31-22)34-17-19(16-28(34,4)5)8-7-14-29-21-9-6-10-24(30-21)38-33-26(20)36/h6,9-13,15,19H,7-8,14,16-18H2,1-5H3,(H,29,30)(H,33,36). The number of nitrogens with one attached hydrogen (secondary N) is 2. The Morgan fingerprint density at radius 3 is 2.82 bits per heavy atom. The molecule has 0 aromatic carbocycles. The Hall–Kier alpha value is -3.27. The summed E-state index contributed by atoms with van der Waals surface area (Å²) in [4.78, 5) is 25.4. The summed E-state index contributed by atoms with van der Waals surface area (Å²) in [7, 11) is 0. The van der Waals surface area contributed by atoms with Crippen LogP contribution in [-0.2, 0) is 0 Å². The van der Waals surface area contributed by atoms with Gasteiger partial charge in [-0.15, -0.1) is 5.10 Å². The van der Waals surface area contributed by atoms with Crippen molar-refractivity contribution < 1.29 is 9.53 Å². The van der Waals surface area contributed by atoms with Gasteiger partial charge in [-0.05, 0) is 68.7 Å². The Balaban J connectivity index is 1.48. The molecule has 202 valence electrons. The minimum atomic E-state index is -0.201. The molecular weight excluding hydrogens is 498 g/mol. The van der Waals surface area contributed by atoms with Gasteiger partial charge in [0, 0.05) is 42.8 Å². The number of carbonyl (C=O) groups is 1. The van der Waals surface area contributed by atoms with Gasteiger partial charge in [0.1, 0.15) is 16.7 Å². The van der Waals surface area contributed by atoms with Gasteiger partial charge < -0.3 is 15.0 Å². The van der Waals surface area contributed by atoms with Crippen molar-refractivity contribution in [1.29, 1.82) is 0 Å². The van der Waals surface area contributed by atoms with Crippen LogP contribution in [0.5, 0.6) is 5.88 Å². The van der Waals surface area contributed by atoms with Crippen molar-refractivity contribution in [3.05, 3.63) is 48.2 Å². The fraction of sp³-hybridized carbons (Fsp3) is 0.500. The first kappa shape index (κ1) is 26.3. The molecule has 2 aliphatic rings. The highest BCUT2D eigenvalue weighted by Gasteiger charge is 2.40. The molecule has 5 heterocycles. The van der Waals surface area contributed by atoms with Crippen molar-refractivity contribution in [1.82, 2.24) is 24.5 Å². The number of rotatable bonds is 3. The van der Waals surface area contributed by atoms with Crippen LogP contribution >= 0.6 is 11.9 Å². The van der Waals surface area contributed by atoms with Gasteiger partial charge in [0.05, 0.1) is 12.2 Å². The number of carbonyl (C=O) groups excluding carboxylic acids is 1. The largest absolute Gasteiger partial charge is 0.476 e. The molecule has 1 saturated heterocycles. The average Bonchev–Trinajstić information content (AvgIpc) is 3.46. The lowest BCUT2D eigenvalue weighted by molar-refractivity contribution is 0.0984. The van der Waals surface area contributed by atoms with E-state index in [0.29, 0.717) is 35.6 Å². The summed E-state index contributed by atoms with van der Waals surface area (Å²) >= 11 is 1.21. The van der Waals surface area contributed by atoms with Gasteiger partial charge in [0.15, 0.2) is 5.82 Å². The van der Waals surface area contributed by atoms with E-state index in [-0.39, 0.29) is 16.9 Å². The Bertz CT molecular complexity index is 1300. The van der Waals surface area contributed by atoms with Crippen LogP contribution in [0.15, 0.2) is 47.6 Å². The van der Waals surface area contributed by atoms with E-state index >= 15 is 0 Å². The summed E-state index contributed by atoms with van der Waals surface area (Å²) in [5, 5.41) is 8.74. The first-order valence-corrected chi connectivity index (χ1v) is 14.0. The summed E-state index contributed by atoms with van der Waals surface area (Å²) in [5.41, 5.74) is 0.433. The zero-order valence-corrected chi connectivity index (χ0v) is 23.6. The van der Waals surface area contributed by atoms with Gasteiger partial charge in [-0.1, -0.05) is 26.8 Å². The third-order valence-electron chi connectivity index (χ3n) is 6.84. The number of ether oxygens (including phenoxy) is 1. The monoisotopic (exact) mass is 535 g/mol. The number of anilines is 2. The molecular formula is C28H37N7O2S. The lowest BCUT2D eigenvalue weighted by Crippen LogP contribution is -2.40. The van der Waals surface area contributed by atoms with Crippen LogP contribution in [0, 0.1) is 11.3 Å². The second-order valence-corrected chi connectivity index (χ2v) is 12.8. The molecule has 0 saturated carbocycles. The maximum atomic E-state index is 13.5. The summed E-state index contributed by atoms with van der Waals surface area (Å²) in [5.74, 6) is 3.00. The summed E-state index contributed by atoms with van der Waals surface area (Å²) < 4.78 is 10.6. The van der Waals surface area contributed by atoms with E-state index in [1.807, 2.05) is 42.6 Å². The van der Waals surface area contributed by atoms with E-state index < -0.39 is 0 Å². The smallest absolute Gasteiger partial charge is 0.265 e. The molecule has 1 fully saturated rings. The normalized spacial score (nSPS) is 19.6. The number of hydrogen-bond donors (Lipinski definition) is 2. The molecule has 1 unspecified atom stereocenters. The second-order valence-electron chi connectivity index (χ2n) is 11.9. The summed E-state index contributed by atoms with van der Waals surface area (Å²) in [6.45, 7) is 13.1. The van der Waals surface area contributed by atoms with Crippen molar-refractivity contribution >= 4 is 29.5 Å². The van der Waals surface area contributed by atoms with E-state index in [1.165, 1.54) is 11.9 Å². The fourth-order valence-electron chi connectivity index (χ4n) is 5.04. The van der Waals surface area contributed by atoms with Crippen LogP contribution in [0.4, 0.5) is 11.6 Å². The quantitative estimate of drug-likeness (QED) is 0.434. The number of fused-ring (bicyclic) bond motifs is 6. The topological polar surface area (TPSA) is 97.2 Å². The molecule has 38 heavy (non-hydrogen) atoms. The van der Waals surface area contributed by atoms with Crippen LogP contribution in [-0.4, -0.2) is 50.9 Å². The van der Waals surface area contributed by atoms with Crippen molar-refractivity contribution in [2.45, 2.75) is 64.4 Å². The van der Waals surface area contributed by atoms with Gasteiger partial charge in [-0.25, -0.2) is 14.6 Å². The SMILES string of the molecule is CC(C)(C)COc1ccn(-c2ccc3c(n2)N2CC(CCCNc4cccc(n4)SNC3=O)CC2(C)C)n1. The highest BCUT2D eigenvalue weighted by Crippen LogP contribution is 2.39. The zero-order chi connectivity index (χ0) is 26.9. The molecule has 9 nitrogen and oxygen atoms in total. The maximum Gasteiger partial charge on any atom is 0.265 e. The zero-order valence-electron chi connectivity index (χ0n) is 22.8. The highest BCUT2D eigenvalue weighted by atomic mass is 32.2. The van der Waals surface area contributed by atoms with Crippen molar-refractivity contribution in [3.8, 4) is 11.7 Å². The number of aromatic nitrogens is 4. The lowest BCUT2D eigenvalue weighted by Gasteiger charge is -2.34. The lowest BCUT2D eigenvalue weighted by atomic mass is 9.93. The Morgan fingerprint density at radius 2 is 2.00 bits per heavy atom. The van der Waals surface area contributed by atoms with E-state index in [1.54, 1.807) is 4.68 Å². The van der Waals surface area contributed by atoms with Gasteiger partial charge in [-0.3, -0.25) is 9.52 Å². The molecule has 0 spiro atoms. The molecule has 4 bridgehead atoms. The van der Waals surface area contributed by atoms with Crippen LogP contribution in [0.25, 0.3) is 5.82 Å². The predicted octanol–water partition coefficient (Wildman–Crippen LogP) is 5.33. The first-order chi connectivity index (χ1) is 18.1.